The Morgan fingerprint density at radius 3 is 2.73 bits per heavy atom. The van der Waals surface area contributed by atoms with Crippen LogP contribution in [0.1, 0.15) is 19.8 Å². The molecule has 120 valence electrons. The fraction of sp³-hybridized carbons (Fsp3) is 0.438. The number of hydrazine groups is 1. The smallest absolute Gasteiger partial charge is 0.257 e. The molecule has 0 saturated carbocycles. The molecule has 6 heteroatoms. The van der Waals surface area contributed by atoms with E-state index >= 15 is 0 Å². The maximum Gasteiger partial charge on any atom is 0.257 e. The van der Waals surface area contributed by atoms with Crippen LogP contribution in [0.3, 0.4) is 0 Å². The number of rotatable bonds is 7. The van der Waals surface area contributed by atoms with Crippen molar-refractivity contribution < 1.29 is 14.1 Å². The Hall–Kier alpha value is -2.08. The van der Waals surface area contributed by atoms with Gasteiger partial charge in [-0.3, -0.25) is 10.2 Å². The largest absolute Gasteiger partial charge is 0.376 e. The summed E-state index contributed by atoms with van der Waals surface area (Å²) in [5, 5.41) is 2.94. The van der Waals surface area contributed by atoms with Crippen molar-refractivity contribution in [1.82, 2.24) is 10.9 Å². The van der Waals surface area contributed by atoms with Crippen LogP contribution in [-0.2, 0) is 4.79 Å². The summed E-state index contributed by atoms with van der Waals surface area (Å²) in [6.07, 6.45) is 4.28. The third-order valence-electron chi connectivity index (χ3n) is 3.65. The number of hydrogen-bond acceptors (Lipinski definition) is 3. The third-order valence-corrected chi connectivity index (χ3v) is 3.65. The predicted molar refractivity (Wildman–Crippen MR) is 84.7 cm³/mol. The van der Waals surface area contributed by atoms with Crippen molar-refractivity contribution in [3.63, 3.8) is 0 Å². The molecule has 0 aromatic heterocycles. The Morgan fingerprint density at radius 2 is 2.09 bits per heavy atom. The molecule has 0 radical (unpaired) electrons. The molecule has 5 nitrogen and oxygen atoms in total. The van der Waals surface area contributed by atoms with E-state index in [9.17, 15) is 9.18 Å². The van der Waals surface area contributed by atoms with Crippen molar-refractivity contribution in [2.75, 3.05) is 31.5 Å². The van der Waals surface area contributed by atoms with Gasteiger partial charge in [0.1, 0.15) is 5.82 Å². The van der Waals surface area contributed by atoms with Gasteiger partial charge in [-0.2, -0.15) is 0 Å². The fourth-order valence-electron chi connectivity index (χ4n) is 2.42. The molecule has 1 aromatic rings. The van der Waals surface area contributed by atoms with Crippen molar-refractivity contribution in [2.45, 2.75) is 19.8 Å². The SMILES string of the molecule is CCC[NH+]1CC=C(NNC(=O)CNc2ccc(F)cc2)CC1. The minimum atomic E-state index is -0.292. The average molecular weight is 307 g/mol. The van der Waals surface area contributed by atoms with E-state index in [1.165, 1.54) is 25.1 Å². The highest BCUT2D eigenvalue weighted by Gasteiger charge is 2.13. The molecule has 0 saturated heterocycles. The number of quaternary nitrogens is 1. The van der Waals surface area contributed by atoms with Gasteiger partial charge in [-0.15, -0.1) is 0 Å². The van der Waals surface area contributed by atoms with E-state index in [1.54, 1.807) is 17.0 Å². The van der Waals surface area contributed by atoms with Gasteiger partial charge in [0.2, 0.25) is 0 Å². The number of carbonyl (C=O) groups excluding carboxylic acids is 1. The van der Waals surface area contributed by atoms with Crippen LogP contribution in [0.25, 0.3) is 0 Å². The van der Waals surface area contributed by atoms with E-state index < -0.39 is 0 Å². The van der Waals surface area contributed by atoms with Gasteiger partial charge in [0.05, 0.1) is 26.2 Å². The lowest BCUT2D eigenvalue weighted by Gasteiger charge is -2.23. The fourth-order valence-corrected chi connectivity index (χ4v) is 2.42. The monoisotopic (exact) mass is 307 g/mol. The zero-order chi connectivity index (χ0) is 15.8. The number of halogens is 1. The Labute approximate surface area is 130 Å². The molecule has 0 bridgehead atoms. The van der Waals surface area contributed by atoms with Gasteiger partial charge in [-0.1, -0.05) is 6.92 Å². The lowest BCUT2D eigenvalue weighted by Crippen LogP contribution is -3.12. The minimum Gasteiger partial charge on any atom is -0.376 e. The molecule has 1 aromatic carbocycles. The maximum atomic E-state index is 12.8. The molecule has 0 spiro atoms. The van der Waals surface area contributed by atoms with Crippen molar-refractivity contribution in [2.24, 2.45) is 0 Å². The van der Waals surface area contributed by atoms with Gasteiger partial charge in [-0.05, 0) is 36.8 Å². The normalized spacial score (nSPS) is 17.5. The van der Waals surface area contributed by atoms with E-state index in [2.05, 4.69) is 29.2 Å². The highest BCUT2D eigenvalue weighted by atomic mass is 19.1. The first-order valence-corrected chi connectivity index (χ1v) is 7.74. The van der Waals surface area contributed by atoms with Gasteiger partial charge in [0.15, 0.2) is 0 Å². The Bertz CT molecular complexity index is 515. The summed E-state index contributed by atoms with van der Waals surface area (Å²) >= 11 is 0. The molecule has 0 aliphatic carbocycles. The van der Waals surface area contributed by atoms with Crippen LogP contribution in [-0.4, -0.2) is 32.1 Å². The quantitative estimate of drug-likeness (QED) is 0.553. The second-order valence-corrected chi connectivity index (χ2v) is 5.47. The topological polar surface area (TPSA) is 57.6 Å². The van der Waals surface area contributed by atoms with E-state index in [4.69, 9.17) is 0 Å². The number of hydrogen-bond donors (Lipinski definition) is 4. The molecule has 1 amide bonds. The van der Waals surface area contributed by atoms with Crippen LogP contribution < -0.4 is 21.1 Å². The highest BCUT2D eigenvalue weighted by Crippen LogP contribution is 2.07. The number of carbonyl (C=O) groups is 1. The minimum absolute atomic E-state index is 0.138. The third kappa shape index (κ3) is 5.37. The lowest BCUT2D eigenvalue weighted by atomic mass is 10.2. The zero-order valence-electron chi connectivity index (χ0n) is 12.9. The summed E-state index contributed by atoms with van der Waals surface area (Å²) in [4.78, 5) is 13.3. The first-order valence-electron chi connectivity index (χ1n) is 7.74. The highest BCUT2D eigenvalue weighted by molar-refractivity contribution is 5.80. The molecular weight excluding hydrogens is 283 g/mol. The lowest BCUT2D eigenvalue weighted by molar-refractivity contribution is -0.895. The van der Waals surface area contributed by atoms with Gasteiger partial charge >= 0.3 is 0 Å². The summed E-state index contributed by atoms with van der Waals surface area (Å²) in [7, 11) is 0. The van der Waals surface area contributed by atoms with Crippen LogP contribution in [0, 0.1) is 5.82 Å². The molecule has 4 N–H and O–H groups in total. The van der Waals surface area contributed by atoms with E-state index in [1.807, 2.05) is 0 Å². The molecule has 2 rings (SSSR count). The molecule has 1 unspecified atom stereocenters. The van der Waals surface area contributed by atoms with Crippen molar-refractivity contribution >= 4 is 11.6 Å². The van der Waals surface area contributed by atoms with Crippen molar-refractivity contribution in [1.29, 1.82) is 0 Å². The molecule has 0 fully saturated rings. The summed E-state index contributed by atoms with van der Waals surface area (Å²) < 4.78 is 12.8. The standard InChI is InChI=1S/C16H23FN4O/c1-2-9-21-10-7-15(8-11-21)19-20-16(22)12-18-14-5-3-13(17)4-6-14/h3-7,18-19H,2,8-12H2,1H3,(H,20,22)/p+1. The molecule has 1 atom stereocenters. The summed E-state index contributed by atoms with van der Waals surface area (Å²) in [5.41, 5.74) is 7.44. The van der Waals surface area contributed by atoms with Crippen LogP contribution in [0.4, 0.5) is 10.1 Å². The van der Waals surface area contributed by atoms with Crippen molar-refractivity contribution in [3.05, 3.63) is 41.9 Å². The Morgan fingerprint density at radius 1 is 1.32 bits per heavy atom. The van der Waals surface area contributed by atoms with E-state index in [0.717, 1.165) is 25.2 Å². The number of benzene rings is 1. The molecular formula is C16H24FN4O+. The van der Waals surface area contributed by atoms with Crippen LogP contribution in [0.15, 0.2) is 36.0 Å². The van der Waals surface area contributed by atoms with Gasteiger partial charge in [0, 0.05) is 17.8 Å². The summed E-state index contributed by atoms with van der Waals surface area (Å²) in [6.45, 7) is 5.62. The Kier molecular flexibility index (Phi) is 6.21. The van der Waals surface area contributed by atoms with Crippen LogP contribution in [0.2, 0.25) is 0 Å². The maximum absolute atomic E-state index is 12.8. The number of nitrogens with one attached hydrogen (secondary N) is 4. The second-order valence-electron chi connectivity index (χ2n) is 5.47. The van der Waals surface area contributed by atoms with Gasteiger partial charge in [-0.25, -0.2) is 4.39 Å². The molecule has 22 heavy (non-hydrogen) atoms. The average Bonchev–Trinajstić information content (AvgIpc) is 2.54. The number of amides is 1. The predicted octanol–water partition coefficient (Wildman–Crippen LogP) is 0.441. The molecule has 1 heterocycles. The van der Waals surface area contributed by atoms with Gasteiger partial charge in [0.25, 0.3) is 5.91 Å². The van der Waals surface area contributed by atoms with Crippen LogP contribution >= 0.6 is 0 Å². The first kappa shape index (κ1) is 16.3. The summed E-state index contributed by atoms with van der Waals surface area (Å²) in [6, 6.07) is 5.92. The molecule has 1 aliphatic heterocycles. The first-order chi connectivity index (χ1) is 10.7. The second kappa shape index (κ2) is 8.38. The van der Waals surface area contributed by atoms with E-state index in [-0.39, 0.29) is 18.3 Å². The Balaban J connectivity index is 1.66. The van der Waals surface area contributed by atoms with Gasteiger partial charge < -0.3 is 15.6 Å². The van der Waals surface area contributed by atoms with Crippen LogP contribution in [0.5, 0.6) is 0 Å². The summed E-state index contributed by atoms with van der Waals surface area (Å²) in [5.74, 6) is -0.450. The number of anilines is 1. The van der Waals surface area contributed by atoms with Crippen molar-refractivity contribution in [3.8, 4) is 0 Å². The molecule has 1 aliphatic rings. The van der Waals surface area contributed by atoms with E-state index in [0.29, 0.717) is 5.69 Å². The zero-order valence-corrected chi connectivity index (χ0v) is 12.9.